The molecule has 0 unspecified atom stereocenters. The predicted octanol–water partition coefficient (Wildman–Crippen LogP) is 0.293. The summed E-state index contributed by atoms with van der Waals surface area (Å²) in [5.41, 5.74) is 9.70. The van der Waals surface area contributed by atoms with E-state index in [9.17, 15) is 9.90 Å². The summed E-state index contributed by atoms with van der Waals surface area (Å²) in [5.74, 6) is 5.59. The summed E-state index contributed by atoms with van der Waals surface area (Å²) in [6.45, 7) is 3.56. The first-order chi connectivity index (χ1) is 13.7. The molecule has 3 rings (SSSR count). The van der Waals surface area contributed by atoms with E-state index in [1.54, 1.807) is 39.2 Å². The van der Waals surface area contributed by atoms with Crippen LogP contribution in [0.15, 0.2) is 47.4 Å². The molecule has 3 aromatic heterocycles. The number of aliphatic hydroxyl groups is 1. The number of hydrogen-bond donors (Lipinski definition) is 5. The topological polar surface area (TPSA) is 157 Å². The maximum atomic E-state index is 12.6. The van der Waals surface area contributed by atoms with Crippen LogP contribution in [0.1, 0.15) is 19.5 Å². The van der Waals surface area contributed by atoms with E-state index in [0.29, 0.717) is 33.8 Å². The minimum atomic E-state index is -1.04. The molecule has 10 nitrogen and oxygen atoms in total. The Morgan fingerprint density at radius 3 is 2.72 bits per heavy atom. The fraction of sp³-hybridized carbons (Fsp3) is 0.263. The van der Waals surface area contributed by atoms with Crippen LogP contribution in [-0.2, 0) is 12.6 Å². The summed E-state index contributed by atoms with van der Waals surface area (Å²) in [4.78, 5) is 25.9. The van der Waals surface area contributed by atoms with Gasteiger partial charge < -0.3 is 26.1 Å². The molecule has 0 aliphatic rings. The van der Waals surface area contributed by atoms with Gasteiger partial charge in [0.05, 0.1) is 29.8 Å². The summed E-state index contributed by atoms with van der Waals surface area (Å²) >= 11 is 0. The molecular weight excluding hydrogens is 372 g/mol. The number of anilines is 1. The van der Waals surface area contributed by atoms with Gasteiger partial charge in [0, 0.05) is 30.7 Å². The Bertz CT molecular complexity index is 1110. The smallest absolute Gasteiger partial charge is 0.264 e. The quantitative estimate of drug-likeness (QED) is 0.292. The summed E-state index contributed by atoms with van der Waals surface area (Å²) < 4.78 is 1.38. The molecule has 0 aliphatic carbocycles. The van der Waals surface area contributed by atoms with E-state index in [4.69, 9.17) is 11.6 Å². The lowest BCUT2D eigenvalue weighted by Crippen LogP contribution is -2.22. The summed E-state index contributed by atoms with van der Waals surface area (Å²) in [6.07, 6.45) is 4.52. The van der Waals surface area contributed by atoms with Gasteiger partial charge in [-0.1, -0.05) is 0 Å². The predicted molar refractivity (Wildman–Crippen MR) is 111 cm³/mol. The number of nitrogens with one attached hydrogen (secondary N) is 2. The molecule has 29 heavy (non-hydrogen) atoms. The standard InChI is InChI=1S/C19H24N8O2/c1-19(2,29)15-5-4-11(7-22-15)13-6-14-16(18(28)27(3)10-24-14)17(26-13)23-8-12(20)9-25-21/h4-7,9-10,25,29H,8,20-21H2,1-3H3,(H,23,26)/b12-9-. The molecule has 0 radical (unpaired) electrons. The van der Waals surface area contributed by atoms with E-state index >= 15 is 0 Å². The molecule has 0 saturated heterocycles. The molecule has 10 heteroatoms. The van der Waals surface area contributed by atoms with Gasteiger partial charge in [-0.3, -0.25) is 15.6 Å². The number of nitrogens with two attached hydrogens (primary N) is 2. The van der Waals surface area contributed by atoms with Crippen molar-refractivity contribution in [3.05, 3.63) is 58.7 Å². The van der Waals surface area contributed by atoms with Crippen LogP contribution in [0.2, 0.25) is 0 Å². The van der Waals surface area contributed by atoms with Gasteiger partial charge >= 0.3 is 0 Å². The van der Waals surface area contributed by atoms with Crippen molar-refractivity contribution in [1.29, 1.82) is 0 Å². The molecule has 0 fully saturated rings. The Morgan fingerprint density at radius 2 is 2.10 bits per heavy atom. The lowest BCUT2D eigenvalue weighted by Gasteiger charge is -2.16. The van der Waals surface area contributed by atoms with Crippen molar-refractivity contribution < 1.29 is 5.11 Å². The molecule has 0 saturated carbocycles. The highest BCUT2D eigenvalue weighted by Gasteiger charge is 2.18. The molecule has 0 aliphatic heterocycles. The minimum absolute atomic E-state index is 0.226. The molecule has 0 aromatic carbocycles. The molecule has 0 bridgehead atoms. The van der Waals surface area contributed by atoms with Crippen molar-refractivity contribution in [3.63, 3.8) is 0 Å². The van der Waals surface area contributed by atoms with Crippen LogP contribution in [-0.4, -0.2) is 31.2 Å². The first kappa shape index (κ1) is 20.2. The van der Waals surface area contributed by atoms with Gasteiger partial charge in [-0.05, 0) is 32.0 Å². The van der Waals surface area contributed by atoms with E-state index in [0.717, 1.165) is 5.56 Å². The normalized spacial score (nSPS) is 12.2. The van der Waals surface area contributed by atoms with Gasteiger partial charge in [0.2, 0.25) is 0 Å². The molecule has 3 heterocycles. The third-order valence-corrected chi connectivity index (χ3v) is 4.32. The number of pyridine rings is 2. The molecule has 7 N–H and O–H groups in total. The fourth-order valence-corrected chi connectivity index (χ4v) is 2.75. The highest BCUT2D eigenvalue weighted by molar-refractivity contribution is 5.91. The van der Waals surface area contributed by atoms with Crippen LogP contribution >= 0.6 is 0 Å². The van der Waals surface area contributed by atoms with Gasteiger partial charge in [-0.2, -0.15) is 0 Å². The number of fused-ring (bicyclic) bond motifs is 1. The van der Waals surface area contributed by atoms with Crippen LogP contribution in [0.4, 0.5) is 5.82 Å². The highest BCUT2D eigenvalue weighted by Crippen LogP contribution is 2.26. The largest absolute Gasteiger partial charge is 0.399 e. The molecule has 152 valence electrons. The third-order valence-electron chi connectivity index (χ3n) is 4.32. The monoisotopic (exact) mass is 396 g/mol. The summed E-state index contributed by atoms with van der Waals surface area (Å²) in [6, 6.07) is 5.27. The zero-order chi connectivity index (χ0) is 21.2. The number of hydrogen-bond acceptors (Lipinski definition) is 9. The maximum Gasteiger partial charge on any atom is 0.264 e. The van der Waals surface area contributed by atoms with Crippen molar-refractivity contribution in [1.82, 2.24) is 24.9 Å². The number of hydrazine groups is 1. The number of nitrogens with zero attached hydrogens (tertiary/aromatic N) is 4. The zero-order valence-corrected chi connectivity index (χ0v) is 16.5. The Hall–Kier alpha value is -3.50. The zero-order valence-electron chi connectivity index (χ0n) is 16.5. The average Bonchev–Trinajstić information content (AvgIpc) is 2.68. The van der Waals surface area contributed by atoms with Crippen molar-refractivity contribution in [3.8, 4) is 11.3 Å². The van der Waals surface area contributed by atoms with E-state index in [1.165, 1.54) is 17.1 Å². The minimum Gasteiger partial charge on any atom is -0.399 e. The summed E-state index contributed by atoms with van der Waals surface area (Å²) in [7, 11) is 1.62. The first-order valence-corrected chi connectivity index (χ1v) is 8.91. The van der Waals surface area contributed by atoms with Crippen LogP contribution < -0.4 is 27.9 Å². The van der Waals surface area contributed by atoms with Crippen molar-refractivity contribution in [2.45, 2.75) is 19.4 Å². The second kappa shape index (κ2) is 7.86. The van der Waals surface area contributed by atoms with Crippen LogP contribution in [0.5, 0.6) is 0 Å². The summed E-state index contributed by atoms with van der Waals surface area (Å²) in [5, 5.41) is 13.5. The van der Waals surface area contributed by atoms with Crippen LogP contribution in [0, 0.1) is 0 Å². The Kier molecular flexibility index (Phi) is 5.48. The Morgan fingerprint density at radius 1 is 1.34 bits per heavy atom. The first-order valence-electron chi connectivity index (χ1n) is 8.91. The highest BCUT2D eigenvalue weighted by atomic mass is 16.3. The lowest BCUT2D eigenvalue weighted by atomic mass is 10.0. The molecule has 0 amide bonds. The molecule has 3 aromatic rings. The molecule has 0 atom stereocenters. The Labute approximate surface area is 167 Å². The van der Waals surface area contributed by atoms with Gasteiger partial charge in [-0.15, -0.1) is 0 Å². The van der Waals surface area contributed by atoms with E-state index in [2.05, 4.69) is 25.7 Å². The number of aryl methyl sites for hydroxylation is 1. The van der Waals surface area contributed by atoms with E-state index < -0.39 is 5.60 Å². The fourth-order valence-electron chi connectivity index (χ4n) is 2.75. The van der Waals surface area contributed by atoms with Crippen molar-refractivity contribution in [2.75, 3.05) is 11.9 Å². The average molecular weight is 396 g/mol. The SMILES string of the molecule is Cn1cnc2cc(-c3ccc(C(C)(C)O)nc3)nc(NC/C(N)=C/NN)c2c1=O. The van der Waals surface area contributed by atoms with Gasteiger partial charge in [0.25, 0.3) is 5.56 Å². The number of aromatic nitrogens is 4. The number of rotatable bonds is 6. The van der Waals surface area contributed by atoms with Crippen LogP contribution in [0.3, 0.4) is 0 Å². The van der Waals surface area contributed by atoms with E-state index in [1.807, 2.05) is 6.07 Å². The maximum absolute atomic E-state index is 12.6. The van der Waals surface area contributed by atoms with Gasteiger partial charge in [0.15, 0.2) is 0 Å². The van der Waals surface area contributed by atoms with Crippen LogP contribution in [0.25, 0.3) is 22.2 Å². The second-order valence-electron chi connectivity index (χ2n) is 7.14. The van der Waals surface area contributed by atoms with Crippen molar-refractivity contribution in [2.24, 2.45) is 18.6 Å². The van der Waals surface area contributed by atoms with E-state index in [-0.39, 0.29) is 12.1 Å². The third kappa shape index (κ3) is 4.33. The molecule has 0 spiro atoms. The Balaban J connectivity index is 2.11. The molecular formula is C19H24N8O2. The van der Waals surface area contributed by atoms with Gasteiger partial charge in [-0.25, -0.2) is 9.97 Å². The second-order valence-corrected chi connectivity index (χ2v) is 7.14. The lowest BCUT2D eigenvalue weighted by molar-refractivity contribution is 0.0739. The van der Waals surface area contributed by atoms with Gasteiger partial charge in [0.1, 0.15) is 16.8 Å². The van der Waals surface area contributed by atoms with Crippen molar-refractivity contribution >= 4 is 16.7 Å².